The maximum absolute atomic E-state index is 13.1. The molecule has 9 nitrogen and oxygen atoms in total. The number of rotatable bonds is 3. The summed E-state index contributed by atoms with van der Waals surface area (Å²) in [4.78, 5) is 25.5. The van der Waals surface area contributed by atoms with Gasteiger partial charge in [-0.2, -0.15) is 4.31 Å². The largest absolute Gasteiger partial charge is 0.479 e. The highest BCUT2D eigenvalue weighted by Gasteiger charge is 2.34. The van der Waals surface area contributed by atoms with Crippen molar-refractivity contribution >= 4 is 39.1 Å². The maximum Gasteiger partial charge on any atom is 0.289 e. The van der Waals surface area contributed by atoms with Gasteiger partial charge in [0.25, 0.3) is 11.8 Å². The molecule has 154 valence electrons. The Labute approximate surface area is 172 Å². The van der Waals surface area contributed by atoms with Gasteiger partial charge in [-0.15, -0.1) is 0 Å². The van der Waals surface area contributed by atoms with Gasteiger partial charge in [0.2, 0.25) is 10.0 Å². The summed E-state index contributed by atoms with van der Waals surface area (Å²) in [5.74, 6) is -0.155. The number of nitrogens with zero attached hydrogens (tertiary/aromatic N) is 2. The molecule has 2 aliphatic rings. The van der Waals surface area contributed by atoms with E-state index in [4.69, 9.17) is 20.8 Å². The Bertz CT molecular complexity index is 1060. The zero-order valence-electron chi connectivity index (χ0n) is 15.4. The molecule has 1 saturated heterocycles. The molecule has 0 bridgehead atoms. The van der Waals surface area contributed by atoms with Gasteiger partial charge in [-0.1, -0.05) is 11.6 Å². The summed E-state index contributed by atoms with van der Waals surface area (Å²) in [7, 11) is -3.91. The van der Waals surface area contributed by atoms with Crippen molar-refractivity contribution < 1.29 is 27.2 Å². The van der Waals surface area contributed by atoms with E-state index < -0.39 is 16.1 Å². The molecule has 2 aliphatic heterocycles. The van der Waals surface area contributed by atoms with Gasteiger partial charge in [-0.05, 0) is 25.1 Å². The van der Waals surface area contributed by atoms with E-state index in [1.54, 1.807) is 24.0 Å². The summed E-state index contributed by atoms with van der Waals surface area (Å²) >= 11 is 6.21. The fourth-order valence-corrected chi connectivity index (χ4v) is 5.17. The Balaban J connectivity index is 1.53. The minimum absolute atomic E-state index is 0.0173. The van der Waals surface area contributed by atoms with Crippen LogP contribution in [0.1, 0.15) is 17.5 Å². The van der Waals surface area contributed by atoms with Crippen molar-refractivity contribution in [3.63, 3.8) is 0 Å². The van der Waals surface area contributed by atoms with Gasteiger partial charge in [0.15, 0.2) is 11.9 Å². The summed E-state index contributed by atoms with van der Waals surface area (Å²) in [6, 6.07) is 5.88. The van der Waals surface area contributed by atoms with Crippen molar-refractivity contribution in [2.24, 2.45) is 0 Å². The number of sulfonamides is 1. The maximum atomic E-state index is 13.1. The summed E-state index contributed by atoms with van der Waals surface area (Å²) in [5, 5.41) is 2.61. The van der Waals surface area contributed by atoms with Crippen molar-refractivity contribution in [1.29, 1.82) is 0 Å². The molecule has 0 saturated carbocycles. The molecule has 11 heteroatoms. The van der Waals surface area contributed by atoms with E-state index in [0.29, 0.717) is 5.69 Å². The summed E-state index contributed by atoms with van der Waals surface area (Å²) in [6.07, 6.45) is 0.674. The number of amides is 2. The zero-order valence-corrected chi connectivity index (χ0v) is 17.0. The lowest BCUT2D eigenvalue weighted by Crippen LogP contribution is -2.50. The van der Waals surface area contributed by atoms with Crippen molar-refractivity contribution in [2.45, 2.75) is 17.9 Å². The van der Waals surface area contributed by atoms with Crippen molar-refractivity contribution in [3.8, 4) is 5.75 Å². The molecule has 1 fully saturated rings. The van der Waals surface area contributed by atoms with Crippen LogP contribution in [0.25, 0.3) is 0 Å². The standard InChI is InChI=1S/C18H18ClN3O6S/c1-11-17(23)20-13-9-12(19)16(10-15(13)28-11)29(25,26)22-6-4-21(5-7-22)18(24)14-3-2-8-27-14/h2-3,8-11H,4-7H2,1H3,(H,20,23)/t11-/m1/s1. The molecule has 2 amide bonds. The average molecular weight is 440 g/mol. The highest BCUT2D eigenvalue weighted by Crippen LogP contribution is 2.38. The first-order chi connectivity index (χ1) is 13.8. The number of hydrogen-bond acceptors (Lipinski definition) is 6. The predicted octanol–water partition coefficient (Wildman–Crippen LogP) is 1.80. The number of halogens is 1. The SMILES string of the molecule is C[C@H]1Oc2cc(S(=O)(=O)N3CCN(C(=O)c4ccco4)CC3)c(Cl)cc2NC1=O. The number of hydrogen-bond donors (Lipinski definition) is 1. The molecule has 0 radical (unpaired) electrons. The molecule has 0 unspecified atom stereocenters. The second-order valence-corrected chi connectivity index (χ2v) is 9.02. The second-order valence-electron chi connectivity index (χ2n) is 6.70. The van der Waals surface area contributed by atoms with Crippen molar-refractivity contribution in [3.05, 3.63) is 41.3 Å². The first-order valence-electron chi connectivity index (χ1n) is 8.91. The topological polar surface area (TPSA) is 109 Å². The Kier molecular flexibility index (Phi) is 5.01. The van der Waals surface area contributed by atoms with Crippen molar-refractivity contribution in [1.82, 2.24) is 9.21 Å². The summed E-state index contributed by atoms with van der Waals surface area (Å²) in [6.45, 7) is 2.26. The predicted molar refractivity (Wildman–Crippen MR) is 104 cm³/mol. The summed E-state index contributed by atoms with van der Waals surface area (Å²) in [5.41, 5.74) is 0.325. The third-order valence-electron chi connectivity index (χ3n) is 4.84. The monoisotopic (exact) mass is 439 g/mol. The van der Waals surface area contributed by atoms with Crippen LogP contribution in [-0.4, -0.2) is 61.7 Å². The van der Waals surface area contributed by atoms with Gasteiger partial charge in [0.1, 0.15) is 10.6 Å². The third kappa shape index (κ3) is 3.59. The Morgan fingerprint density at radius 1 is 1.24 bits per heavy atom. The quantitative estimate of drug-likeness (QED) is 0.781. The van der Waals surface area contributed by atoms with Crippen LogP contribution < -0.4 is 10.1 Å². The molecule has 3 heterocycles. The van der Waals surface area contributed by atoms with Crippen molar-refractivity contribution in [2.75, 3.05) is 31.5 Å². The molecule has 1 N–H and O–H groups in total. The first-order valence-corrected chi connectivity index (χ1v) is 10.7. The Hall–Kier alpha value is -2.56. The van der Waals surface area contributed by atoms with Gasteiger partial charge in [-0.25, -0.2) is 8.42 Å². The minimum atomic E-state index is -3.91. The van der Waals surface area contributed by atoms with E-state index in [-0.39, 0.29) is 59.4 Å². The third-order valence-corrected chi connectivity index (χ3v) is 7.20. The molecule has 29 heavy (non-hydrogen) atoms. The Morgan fingerprint density at radius 3 is 2.62 bits per heavy atom. The van der Waals surface area contributed by atoms with Gasteiger partial charge in [-0.3, -0.25) is 9.59 Å². The van der Waals surface area contributed by atoms with Crippen LogP contribution in [0.15, 0.2) is 39.8 Å². The molecule has 2 aromatic rings. The normalized spacial score (nSPS) is 20.0. The van der Waals surface area contributed by atoms with Crippen LogP contribution in [0, 0.1) is 0 Å². The highest BCUT2D eigenvalue weighted by molar-refractivity contribution is 7.89. The van der Waals surface area contributed by atoms with E-state index in [1.165, 1.54) is 22.7 Å². The number of anilines is 1. The van der Waals surface area contributed by atoms with Crippen LogP contribution in [0.2, 0.25) is 5.02 Å². The lowest BCUT2D eigenvalue weighted by atomic mass is 10.2. The number of piperazine rings is 1. The summed E-state index contributed by atoms with van der Waals surface area (Å²) < 4.78 is 38.1. The number of ether oxygens (including phenoxy) is 1. The molecule has 0 aliphatic carbocycles. The number of furan rings is 1. The molecule has 4 rings (SSSR count). The lowest BCUT2D eigenvalue weighted by molar-refractivity contribution is -0.122. The van der Waals surface area contributed by atoms with Crippen LogP contribution in [0.3, 0.4) is 0 Å². The van der Waals surface area contributed by atoms with E-state index in [1.807, 2.05) is 0 Å². The molecule has 0 spiro atoms. The fourth-order valence-electron chi connectivity index (χ4n) is 3.23. The molecular weight excluding hydrogens is 422 g/mol. The zero-order chi connectivity index (χ0) is 20.8. The van der Waals surface area contributed by atoms with Gasteiger partial charge < -0.3 is 19.4 Å². The van der Waals surface area contributed by atoms with E-state index in [9.17, 15) is 18.0 Å². The fraction of sp³-hybridized carbons (Fsp3) is 0.333. The first kappa shape index (κ1) is 19.7. The average Bonchev–Trinajstić information content (AvgIpc) is 3.23. The molecule has 1 atom stereocenters. The van der Waals surface area contributed by atoms with E-state index in [2.05, 4.69) is 5.32 Å². The van der Waals surface area contributed by atoms with E-state index >= 15 is 0 Å². The molecular formula is C18H18ClN3O6S. The number of benzene rings is 1. The van der Waals surface area contributed by atoms with Crippen LogP contribution in [0.4, 0.5) is 5.69 Å². The van der Waals surface area contributed by atoms with Gasteiger partial charge in [0, 0.05) is 32.2 Å². The van der Waals surface area contributed by atoms with E-state index in [0.717, 1.165) is 0 Å². The number of carbonyl (C=O) groups is 2. The second kappa shape index (κ2) is 7.36. The molecule has 1 aromatic carbocycles. The highest BCUT2D eigenvalue weighted by atomic mass is 35.5. The van der Waals surface area contributed by atoms with Crippen LogP contribution in [0.5, 0.6) is 5.75 Å². The number of carbonyl (C=O) groups excluding carboxylic acids is 2. The molecule has 1 aromatic heterocycles. The minimum Gasteiger partial charge on any atom is -0.479 e. The Morgan fingerprint density at radius 2 is 1.97 bits per heavy atom. The number of fused-ring (bicyclic) bond motifs is 1. The van der Waals surface area contributed by atoms with Crippen LogP contribution in [-0.2, 0) is 14.8 Å². The smallest absolute Gasteiger partial charge is 0.289 e. The number of nitrogens with one attached hydrogen (secondary N) is 1. The van der Waals surface area contributed by atoms with Gasteiger partial charge >= 0.3 is 0 Å². The lowest BCUT2D eigenvalue weighted by Gasteiger charge is -2.34. The van der Waals surface area contributed by atoms with Gasteiger partial charge in [0.05, 0.1) is 17.0 Å². The van der Waals surface area contributed by atoms with Crippen LogP contribution >= 0.6 is 11.6 Å².